The molecule has 0 bridgehead atoms. The van der Waals surface area contributed by atoms with Gasteiger partial charge in [0.1, 0.15) is 17.2 Å². The number of benzene rings is 9. The van der Waals surface area contributed by atoms with Crippen molar-refractivity contribution in [2.24, 2.45) is 0 Å². The predicted molar refractivity (Wildman–Crippen MR) is 216 cm³/mol. The molecule has 0 amide bonds. The maximum absolute atomic E-state index is 15.9. The number of fused-ring (bicyclic) bond motifs is 9. The predicted octanol–water partition coefficient (Wildman–Crippen LogP) is 14.3. The Morgan fingerprint density at radius 3 is 1.58 bits per heavy atom. The van der Waals surface area contributed by atoms with Crippen molar-refractivity contribution in [1.29, 1.82) is 0 Å². The van der Waals surface area contributed by atoms with Gasteiger partial charge in [0.15, 0.2) is 5.58 Å². The van der Waals surface area contributed by atoms with Crippen molar-refractivity contribution in [2.75, 3.05) is 9.80 Å². The van der Waals surface area contributed by atoms with Crippen molar-refractivity contribution >= 4 is 88.4 Å². The Kier molecular flexibility index (Phi) is 7.18. The van der Waals surface area contributed by atoms with Gasteiger partial charge in [-0.2, -0.15) is 0 Å². The largest absolute Gasteiger partial charge is 0.453 e. The van der Waals surface area contributed by atoms with E-state index in [1.54, 1.807) is 24.3 Å². The molecule has 3 nitrogen and oxygen atoms in total. The van der Waals surface area contributed by atoms with Crippen molar-refractivity contribution < 1.29 is 13.2 Å². The van der Waals surface area contributed by atoms with Gasteiger partial charge < -0.3 is 14.2 Å². The fourth-order valence-electron chi connectivity index (χ4n) is 7.82. The second-order valence-corrected chi connectivity index (χ2v) is 13.1. The lowest BCUT2D eigenvalue weighted by Gasteiger charge is -2.27. The third kappa shape index (κ3) is 4.93. The van der Waals surface area contributed by atoms with Gasteiger partial charge in [-0.1, -0.05) is 109 Å². The fourth-order valence-corrected chi connectivity index (χ4v) is 7.82. The molecule has 0 radical (unpaired) electrons. The van der Waals surface area contributed by atoms with Gasteiger partial charge in [0.05, 0.1) is 17.1 Å². The quantitative estimate of drug-likeness (QED) is 0.162. The second-order valence-electron chi connectivity index (χ2n) is 13.1. The highest BCUT2D eigenvalue weighted by Gasteiger charge is 2.26. The first-order chi connectivity index (χ1) is 26.2. The van der Waals surface area contributed by atoms with Crippen molar-refractivity contribution in [3.05, 3.63) is 194 Å². The summed E-state index contributed by atoms with van der Waals surface area (Å²) < 4.78 is 38.5. The zero-order chi connectivity index (χ0) is 35.5. The van der Waals surface area contributed by atoms with Gasteiger partial charge in [-0.05, 0) is 94.3 Å². The smallest absolute Gasteiger partial charge is 0.160 e. The molecule has 0 fully saturated rings. The molecular weight excluding hydrogens is 659 g/mol. The molecule has 0 aliphatic rings. The Labute approximate surface area is 304 Å². The summed E-state index contributed by atoms with van der Waals surface area (Å²) in [4.78, 5) is 3.92. The molecule has 0 aliphatic heterocycles. The maximum Gasteiger partial charge on any atom is 0.160 e. The van der Waals surface area contributed by atoms with Crippen LogP contribution < -0.4 is 9.80 Å². The van der Waals surface area contributed by atoms with Crippen molar-refractivity contribution in [2.45, 2.75) is 0 Å². The van der Waals surface area contributed by atoms with Crippen molar-refractivity contribution in [3.63, 3.8) is 0 Å². The SMILES string of the molecule is Fc1ccccc1N(c1ccccc1)c1ccc2c(c1)c1ccccc1c1c3cc4ccccc4c(N(c4ccccc4)c4ccccc4F)c3oc21. The molecule has 0 atom stereocenters. The van der Waals surface area contributed by atoms with Crippen LogP contribution in [0.2, 0.25) is 0 Å². The first kappa shape index (κ1) is 30.8. The zero-order valence-electron chi connectivity index (χ0n) is 28.4. The lowest BCUT2D eigenvalue weighted by atomic mass is 9.95. The topological polar surface area (TPSA) is 19.6 Å². The number of hydrogen-bond acceptors (Lipinski definition) is 3. The normalized spacial score (nSPS) is 11.6. The fraction of sp³-hybridized carbons (Fsp3) is 0. The lowest BCUT2D eigenvalue weighted by molar-refractivity contribution is 0.628. The molecule has 0 N–H and O–H groups in total. The summed E-state index contributed by atoms with van der Waals surface area (Å²) in [6.45, 7) is 0. The first-order valence-corrected chi connectivity index (χ1v) is 17.6. The Morgan fingerprint density at radius 1 is 0.358 bits per heavy atom. The van der Waals surface area contributed by atoms with E-state index in [0.29, 0.717) is 17.0 Å². The number of anilines is 6. The number of para-hydroxylation sites is 4. The average molecular weight is 689 g/mol. The van der Waals surface area contributed by atoms with Crippen LogP contribution in [0.5, 0.6) is 0 Å². The number of halogens is 2. The molecule has 1 aromatic heterocycles. The van der Waals surface area contributed by atoms with Crippen molar-refractivity contribution in [1.82, 2.24) is 0 Å². The number of hydrogen-bond donors (Lipinski definition) is 0. The number of nitrogens with zero attached hydrogens (tertiary/aromatic N) is 2. The van der Waals surface area contributed by atoms with Gasteiger partial charge in [0.25, 0.3) is 0 Å². The first-order valence-electron chi connectivity index (χ1n) is 17.6. The Morgan fingerprint density at radius 2 is 0.906 bits per heavy atom. The highest BCUT2D eigenvalue weighted by Crippen LogP contribution is 2.50. The van der Waals surface area contributed by atoms with Crippen molar-refractivity contribution in [3.8, 4) is 0 Å². The highest BCUT2D eigenvalue weighted by atomic mass is 19.1. The van der Waals surface area contributed by atoms with E-state index in [4.69, 9.17) is 4.42 Å². The van der Waals surface area contributed by atoms with E-state index in [-0.39, 0.29) is 11.6 Å². The molecule has 5 heteroatoms. The maximum atomic E-state index is 15.9. The van der Waals surface area contributed by atoms with Gasteiger partial charge in [0.2, 0.25) is 0 Å². The average Bonchev–Trinajstić information content (AvgIpc) is 3.59. The molecule has 0 saturated heterocycles. The van der Waals surface area contributed by atoms with Gasteiger partial charge in [0, 0.05) is 38.6 Å². The van der Waals surface area contributed by atoms with Crippen LogP contribution >= 0.6 is 0 Å². The Hall–Kier alpha value is -6.98. The molecule has 10 rings (SSSR count). The Bertz CT molecular complexity index is 2990. The minimum atomic E-state index is -0.338. The summed E-state index contributed by atoms with van der Waals surface area (Å²) in [7, 11) is 0. The van der Waals surface area contributed by atoms with Gasteiger partial charge in [-0.25, -0.2) is 8.78 Å². The summed E-state index contributed by atoms with van der Waals surface area (Å²) >= 11 is 0. The van der Waals surface area contributed by atoms with Gasteiger partial charge in [-0.15, -0.1) is 0 Å². The van der Waals surface area contributed by atoms with E-state index in [9.17, 15) is 0 Å². The van der Waals surface area contributed by atoms with E-state index in [1.165, 1.54) is 12.1 Å². The van der Waals surface area contributed by atoms with Crippen LogP contribution in [0.3, 0.4) is 0 Å². The summed E-state index contributed by atoms with van der Waals surface area (Å²) in [6, 6.07) is 58.4. The zero-order valence-corrected chi connectivity index (χ0v) is 28.4. The van der Waals surface area contributed by atoms with Gasteiger partial charge in [-0.3, -0.25) is 0 Å². The standard InChI is InChI=1S/C48H30F2N2O/c49-41-23-11-13-25-43(41)51(32-16-3-1-4-17-32)34-27-28-38-39(30-34)36-21-9-10-22-37(36)45-40-29-31-15-7-8-20-35(31)46(48(40)53-47(38)45)52(33-18-5-2-6-19-33)44-26-14-12-24-42(44)50/h1-30H. The summed E-state index contributed by atoms with van der Waals surface area (Å²) in [5.41, 5.74) is 5.49. The van der Waals surface area contributed by atoms with E-state index in [1.807, 2.05) is 113 Å². The van der Waals surface area contributed by atoms with Crippen LogP contribution in [-0.2, 0) is 0 Å². The Balaban J connectivity index is 1.32. The monoisotopic (exact) mass is 688 g/mol. The van der Waals surface area contributed by atoms with Crippen LogP contribution in [0.1, 0.15) is 0 Å². The van der Waals surface area contributed by atoms with E-state index in [2.05, 4.69) is 42.5 Å². The summed E-state index contributed by atoms with van der Waals surface area (Å²) in [6.07, 6.45) is 0. The van der Waals surface area contributed by atoms with E-state index < -0.39 is 0 Å². The van der Waals surface area contributed by atoms with Gasteiger partial charge >= 0.3 is 0 Å². The van der Waals surface area contributed by atoms with E-state index in [0.717, 1.165) is 71.4 Å². The second kappa shape index (κ2) is 12.4. The lowest BCUT2D eigenvalue weighted by Crippen LogP contribution is -2.12. The number of furan rings is 1. The molecule has 9 aromatic carbocycles. The molecule has 0 saturated carbocycles. The third-order valence-corrected chi connectivity index (χ3v) is 10.1. The van der Waals surface area contributed by atoms with Crippen LogP contribution in [0, 0.1) is 11.6 Å². The third-order valence-electron chi connectivity index (χ3n) is 10.1. The summed E-state index contributed by atoms with van der Waals surface area (Å²) in [5, 5.41) is 7.84. The van der Waals surface area contributed by atoms with Crippen LogP contribution in [-0.4, -0.2) is 0 Å². The van der Waals surface area contributed by atoms with Crippen LogP contribution in [0.15, 0.2) is 186 Å². The minimum Gasteiger partial charge on any atom is -0.453 e. The molecule has 0 unspecified atom stereocenters. The molecule has 0 aliphatic carbocycles. The molecule has 252 valence electrons. The highest BCUT2D eigenvalue weighted by molar-refractivity contribution is 6.33. The molecule has 53 heavy (non-hydrogen) atoms. The molecule has 1 heterocycles. The molecule has 10 aromatic rings. The molecular formula is C48H30F2N2O. The van der Waals surface area contributed by atoms with Crippen LogP contribution in [0.25, 0.3) is 54.3 Å². The van der Waals surface area contributed by atoms with Crippen LogP contribution in [0.4, 0.5) is 42.9 Å². The molecule has 0 spiro atoms. The minimum absolute atomic E-state index is 0.313. The van der Waals surface area contributed by atoms with E-state index >= 15 is 8.78 Å². The number of rotatable bonds is 6. The summed E-state index contributed by atoms with van der Waals surface area (Å²) in [5.74, 6) is -0.652.